The molecule has 0 saturated carbocycles. The highest BCUT2D eigenvalue weighted by molar-refractivity contribution is 7.16. The number of aryl methyl sites for hydroxylation is 4. The van der Waals surface area contributed by atoms with Crippen LogP contribution in [0, 0.1) is 32.1 Å². The van der Waals surface area contributed by atoms with Gasteiger partial charge >= 0.3 is 5.97 Å². The zero-order chi connectivity index (χ0) is 47.6. The van der Waals surface area contributed by atoms with Gasteiger partial charge in [-0.15, -0.1) is 11.3 Å². The number of carboxylic acid groups (broad SMARTS) is 1. The first-order valence-electron chi connectivity index (χ1n) is 23.8. The van der Waals surface area contributed by atoms with Crippen LogP contribution in [0.3, 0.4) is 0 Å². The number of carbonyl (C=O) groups is 1. The molecule has 0 spiro atoms. The first-order chi connectivity index (χ1) is 33.6. The second kappa shape index (κ2) is 19.3. The highest BCUT2D eigenvalue weighted by Gasteiger charge is 2.26. The van der Waals surface area contributed by atoms with Crippen molar-refractivity contribution in [2.24, 2.45) is 4.99 Å². The molecular weight excluding hydrogens is 867 g/mol. The number of aromatic nitrogens is 2. The van der Waals surface area contributed by atoms with Gasteiger partial charge in [-0.1, -0.05) is 146 Å². The van der Waals surface area contributed by atoms with Crippen LogP contribution in [0.5, 0.6) is 0 Å². The zero-order valence-electron chi connectivity index (χ0n) is 39.3. The van der Waals surface area contributed by atoms with E-state index < -0.39 is 5.97 Å². The zero-order valence-corrected chi connectivity index (χ0v) is 40.1. The number of aromatic amines is 2. The van der Waals surface area contributed by atoms with Crippen molar-refractivity contribution in [2.45, 2.75) is 65.8 Å². The quantitative estimate of drug-likeness (QED) is 0.0555. The predicted molar refractivity (Wildman–Crippen MR) is 283 cm³/mol. The summed E-state index contributed by atoms with van der Waals surface area (Å²) < 4.78 is 0. The molecule has 0 saturated heterocycles. The number of nitriles is 1. The van der Waals surface area contributed by atoms with E-state index in [0.29, 0.717) is 0 Å². The van der Waals surface area contributed by atoms with Crippen LogP contribution in [0.2, 0.25) is 0 Å². The normalized spacial score (nSPS) is 19.1. The minimum Gasteiger partial charge on any atom is -0.477 e. The largest absolute Gasteiger partial charge is 0.477 e. The summed E-state index contributed by atoms with van der Waals surface area (Å²) >= 11 is 1.53. The van der Waals surface area contributed by atoms with Gasteiger partial charge in [0, 0.05) is 59.8 Å². The highest BCUT2D eigenvalue weighted by Crippen LogP contribution is 2.39. The van der Waals surface area contributed by atoms with Crippen molar-refractivity contribution >= 4 is 51.4 Å². The van der Waals surface area contributed by atoms with E-state index in [2.05, 4.69) is 195 Å². The highest BCUT2D eigenvalue weighted by atomic mass is 32.1. The predicted octanol–water partition coefficient (Wildman–Crippen LogP) is 12.3. The number of nitrogens with one attached hydrogen (secondary N) is 3. The standard InChI is InChI=1S/C61H53N5O2S/c1-5-6-7-8-9-45-34-55(69-56(45)35-46(36-62)61(67)68)40-22-24-44(25-23-40)60-53-32-30-51(65-53)58(42-18-12-38(3)13-19-42)49-28-26-47(63-49)57(41-16-10-37(2)11-17-41)48-27-29-50(64-48)59(52-31-33-54(60)66-52)43-20-14-39(4)15-21-43/h10-35,51,63,65-66H,5-9H2,1-4H3,(H,67,68)/b46-35+,57-47-,58-49-,59-50-,60-53-. The van der Waals surface area contributed by atoms with Crippen LogP contribution in [-0.4, -0.2) is 32.8 Å². The van der Waals surface area contributed by atoms with Crippen LogP contribution in [0.1, 0.15) is 93.4 Å². The molecular formula is C61H53N5O2S. The number of carboxylic acids is 1. The van der Waals surface area contributed by atoms with Crippen molar-refractivity contribution in [3.05, 3.63) is 240 Å². The minimum atomic E-state index is -1.21. The van der Waals surface area contributed by atoms with Gasteiger partial charge in [0.25, 0.3) is 0 Å². The number of nitrogens with zero attached hydrogens (tertiary/aromatic N) is 2. The van der Waals surface area contributed by atoms with Crippen LogP contribution < -0.4 is 16.0 Å². The van der Waals surface area contributed by atoms with Gasteiger partial charge in [-0.25, -0.2) is 9.79 Å². The summed E-state index contributed by atoms with van der Waals surface area (Å²) in [6, 6.07) is 47.4. The number of H-pyrrole nitrogens is 2. The Balaban J connectivity index is 1.16. The first kappa shape index (κ1) is 44.8. The maximum atomic E-state index is 11.9. The molecule has 8 heteroatoms. The molecule has 3 aliphatic rings. The monoisotopic (exact) mass is 919 g/mol. The summed E-state index contributed by atoms with van der Waals surface area (Å²) in [6.07, 6.45) is 15.5. The Morgan fingerprint density at radius 2 is 1.28 bits per heavy atom. The molecule has 10 rings (SSSR count). The number of allylic oxidation sites excluding steroid dienone is 3. The summed E-state index contributed by atoms with van der Waals surface area (Å²) in [4.78, 5) is 27.0. The molecule has 3 aliphatic heterocycles. The van der Waals surface area contributed by atoms with Crippen molar-refractivity contribution in [3.63, 3.8) is 0 Å². The molecule has 0 amide bonds. The van der Waals surface area contributed by atoms with E-state index >= 15 is 0 Å². The molecule has 7 aromatic rings. The molecule has 3 aromatic heterocycles. The number of unbranched alkanes of at least 4 members (excludes halogenated alkanes) is 3. The maximum Gasteiger partial charge on any atom is 0.346 e. The molecule has 1 atom stereocenters. The van der Waals surface area contributed by atoms with E-state index in [-0.39, 0.29) is 11.6 Å². The topological polar surface area (TPSA) is 117 Å². The Morgan fingerprint density at radius 3 is 1.93 bits per heavy atom. The lowest BCUT2D eigenvalue weighted by molar-refractivity contribution is -0.132. The molecule has 0 fully saturated rings. The lowest BCUT2D eigenvalue weighted by atomic mass is 9.97. The van der Waals surface area contributed by atoms with Crippen molar-refractivity contribution in [3.8, 4) is 16.5 Å². The summed E-state index contributed by atoms with van der Waals surface area (Å²) in [6.45, 7) is 8.54. The second-order valence-electron chi connectivity index (χ2n) is 18.2. The summed E-state index contributed by atoms with van der Waals surface area (Å²) in [5.74, 6) is -1.21. The van der Waals surface area contributed by atoms with Gasteiger partial charge in [0.15, 0.2) is 0 Å². The second-order valence-corrected chi connectivity index (χ2v) is 19.3. The molecule has 0 aliphatic carbocycles. The number of hydrogen-bond acceptors (Lipinski definition) is 5. The smallest absolute Gasteiger partial charge is 0.346 e. The molecule has 0 radical (unpaired) electrons. The third kappa shape index (κ3) is 9.22. The number of aliphatic imine (C=N–C) groups is 1. The fraction of sp³-hybridized carbons (Fsp3) is 0.164. The molecule has 6 heterocycles. The van der Waals surface area contributed by atoms with Gasteiger partial charge in [-0.05, 0) is 122 Å². The fourth-order valence-electron chi connectivity index (χ4n) is 9.54. The van der Waals surface area contributed by atoms with Crippen molar-refractivity contribution in [2.75, 3.05) is 0 Å². The third-order valence-corrected chi connectivity index (χ3v) is 14.4. The van der Waals surface area contributed by atoms with Gasteiger partial charge in [-0.2, -0.15) is 5.26 Å². The Labute approximate surface area is 407 Å². The van der Waals surface area contributed by atoms with E-state index in [1.165, 1.54) is 34.1 Å². The van der Waals surface area contributed by atoms with E-state index in [1.54, 1.807) is 0 Å². The SMILES string of the molecule is CCCCCCc1cc(-c2ccc(/C3=C4\C=CC(N4)/C(c4ccc(C)cc4)=c4/cc/c([nH]4)=C(\c4ccc(C)cc4)C4=N/C(=C(/c5ccc(C)cc5)c5ccc3[nH]5)C=C4)cc2)sc1/C=C(\C#N)C(=O)O. The first-order valence-corrected chi connectivity index (χ1v) is 24.6. The van der Waals surface area contributed by atoms with Gasteiger partial charge in [0.05, 0.1) is 17.5 Å². The number of benzene rings is 4. The van der Waals surface area contributed by atoms with E-state index in [0.717, 1.165) is 137 Å². The molecule has 1 unspecified atom stereocenters. The summed E-state index contributed by atoms with van der Waals surface area (Å²) in [5.41, 5.74) is 18.6. The van der Waals surface area contributed by atoms with Crippen LogP contribution in [0.25, 0.3) is 38.8 Å². The number of fused-ring (bicyclic) bond motifs is 7. The molecule has 69 heavy (non-hydrogen) atoms. The summed E-state index contributed by atoms with van der Waals surface area (Å²) in [7, 11) is 0. The summed E-state index contributed by atoms with van der Waals surface area (Å²) in [5, 5.41) is 25.4. The average Bonchev–Trinajstić information content (AvgIpc) is 4.23. The van der Waals surface area contributed by atoms with E-state index in [4.69, 9.17) is 4.99 Å². The van der Waals surface area contributed by atoms with Crippen molar-refractivity contribution in [1.82, 2.24) is 15.3 Å². The van der Waals surface area contributed by atoms with Crippen LogP contribution in [0.15, 0.2) is 174 Å². The van der Waals surface area contributed by atoms with Crippen molar-refractivity contribution in [1.29, 1.82) is 5.26 Å². The lowest BCUT2D eigenvalue weighted by Gasteiger charge is -2.19. The van der Waals surface area contributed by atoms with Crippen LogP contribution >= 0.6 is 11.3 Å². The molecule has 340 valence electrons. The number of rotatable bonds is 12. The van der Waals surface area contributed by atoms with Gasteiger partial charge in [0.2, 0.25) is 0 Å². The Hall–Kier alpha value is -7.99. The van der Waals surface area contributed by atoms with Crippen LogP contribution in [-0.2, 0) is 11.2 Å². The van der Waals surface area contributed by atoms with Gasteiger partial charge < -0.3 is 20.4 Å². The van der Waals surface area contributed by atoms with E-state index in [9.17, 15) is 15.2 Å². The van der Waals surface area contributed by atoms with Gasteiger partial charge in [0.1, 0.15) is 11.6 Å². The third-order valence-electron chi connectivity index (χ3n) is 13.2. The fourth-order valence-corrected chi connectivity index (χ4v) is 10.7. The molecule has 7 nitrogen and oxygen atoms in total. The van der Waals surface area contributed by atoms with Gasteiger partial charge in [-0.3, -0.25) is 0 Å². The molecule has 8 bridgehead atoms. The maximum absolute atomic E-state index is 11.9. The Morgan fingerprint density at radius 1 is 0.681 bits per heavy atom. The lowest BCUT2D eigenvalue weighted by Crippen LogP contribution is -2.30. The average molecular weight is 920 g/mol. The van der Waals surface area contributed by atoms with E-state index in [1.807, 2.05) is 6.07 Å². The van der Waals surface area contributed by atoms with Crippen molar-refractivity contribution < 1.29 is 9.90 Å². The Kier molecular flexibility index (Phi) is 12.5. The number of hydrogen-bond donors (Lipinski definition) is 4. The Bertz CT molecular complexity index is 3490. The number of thiophene rings is 1. The molecule has 4 aromatic carbocycles. The number of aliphatic carboxylic acids is 1. The van der Waals surface area contributed by atoms with Crippen LogP contribution in [0.4, 0.5) is 0 Å². The minimum absolute atomic E-state index is 0.163. The molecule has 4 N–H and O–H groups in total.